The van der Waals surface area contributed by atoms with Crippen molar-refractivity contribution in [1.29, 1.82) is 0 Å². The molecule has 0 aliphatic carbocycles. The van der Waals surface area contributed by atoms with Gasteiger partial charge in [-0.3, -0.25) is 0 Å². The highest BCUT2D eigenvalue weighted by molar-refractivity contribution is 8.39. The number of fused-ring (bicyclic) bond motifs is 1. The van der Waals surface area contributed by atoms with Gasteiger partial charge in [0.1, 0.15) is 4.90 Å². The second-order valence-corrected chi connectivity index (χ2v) is 11.2. The number of benzene rings is 2. The van der Waals surface area contributed by atoms with E-state index >= 15 is 0 Å². The highest BCUT2D eigenvalue weighted by Gasteiger charge is 2.28. The zero-order chi connectivity index (χ0) is 18.9. The van der Waals surface area contributed by atoms with Gasteiger partial charge in [-0.15, -0.1) is 4.40 Å². The zero-order valence-electron chi connectivity index (χ0n) is 14.0. The van der Waals surface area contributed by atoms with Gasteiger partial charge in [0.15, 0.2) is 4.38 Å². The molecule has 0 bridgehead atoms. The number of sulfonamides is 2. The maximum Gasteiger partial charge on any atom is 0.285 e. The van der Waals surface area contributed by atoms with E-state index in [0.717, 1.165) is 16.5 Å². The summed E-state index contributed by atoms with van der Waals surface area (Å²) in [5.74, 6) is 0. The SMILES string of the molecule is CCNS(=O)(=O)c1ccc2c(c1)S(=O)(=O)N=C(Sc1ccc(C)cc1)S2. The lowest BCUT2D eigenvalue weighted by Crippen LogP contribution is -2.23. The number of hydrogen-bond donors (Lipinski definition) is 1. The lowest BCUT2D eigenvalue weighted by atomic mass is 10.2. The van der Waals surface area contributed by atoms with E-state index in [0.29, 0.717) is 9.27 Å². The van der Waals surface area contributed by atoms with Crippen LogP contribution in [0.1, 0.15) is 12.5 Å². The minimum absolute atomic E-state index is 0.0882. The molecule has 0 saturated heterocycles. The summed E-state index contributed by atoms with van der Waals surface area (Å²) in [5, 5.41) is 0. The van der Waals surface area contributed by atoms with Crippen molar-refractivity contribution in [3.05, 3.63) is 48.0 Å². The topological polar surface area (TPSA) is 92.7 Å². The molecule has 0 fully saturated rings. The molecule has 26 heavy (non-hydrogen) atoms. The van der Waals surface area contributed by atoms with E-state index in [-0.39, 0.29) is 16.3 Å². The molecule has 1 aliphatic heterocycles. The second-order valence-electron chi connectivity index (χ2n) is 5.46. The molecule has 0 radical (unpaired) electrons. The molecule has 1 aliphatic rings. The number of aryl methyl sites for hydroxylation is 1. The van der Waals surface area contributed by atoms with Gasteiger partial charge >= 0.3 is 0 Å². The largest absolute Gasteiger partial charge is 0.285 e. The van der Waals surface area contributed by atoms with Crippen LogP contribution in [0.4, 0.5) is 0 Å². The van der Waals surface area contributed by atoms with Gasteiger partial charge in [-0.1, -0.05) is 48.1 Å². The molecule has 138 valence electrons. The quantitative estimate of drug-likeness (QED) is 0.804. The number of nitrogens with one attached hydrogen (secondary N) is 1. The molecule has 2 aromatic carbocycles. The van der Waals surface area contributed by atoms with Crippen molar-refractivity contribution in [2.45, 2.75) is 33.4 Å². The Labute approximate surface area is 161 Å². The van der Waals surface area contributed by atoms with Crippen LogP contribution in [0, 0.1) is 6.92 Å². The van der Waals surface area contributed by atoms with Gasteiger partial charge in [-0.25, -0.2) is 13.1 Å². The summed E-state index contributed by atoms with van der Waals surface area (Å²) >= 11 is 2.47. The standard InChI is InChI=1S/C16H16N2O4S4/c1-3-17-25(19,20)13-8-9-14-15(10-13)26(21,22)18-16(24-14)23-12-6-4-11(2)5-7-12/h4-10,17H,3H2,1-2H3. The fraction of sp³-hybridized carbons (Fsp3) is 0.188. The van der Waals surface area contributed by atoms with E-state index in [4.69, 9.17) is 0 Å². The van der Waals surface area contributed by atoms with Gasteiger partial charge in [0.05, 0.1) is 4.90 Å². The summed E-state index contributed by atoms with van der Waals surface area (Å²) in [6.07, 6.45) is 0. The van der Waals surface area contributed by atoms with Crippen molar-refractivity contribution in [3.8, 4) is 0 Å². The number of hydrogen-bond acceptors (Lipinski definition) is 6. The van der Waals surface area contributed by atoms with Crippen LogP contribution in [0.25, 0.3) is 0 Å². The van der Waals surface area contributed by atoms with Crippen molar-refractivity contribution in [2.75, 3.05) is 6.54 Å². The molecule has 0 amide bonds. The van der Waals surface area contributed by atoms with Crippen LogP contribution >= 0.6 is 23.5 Å². The van der Waals surface area contributed by atoms with Gasteiger partial charge in [0.2, 0.25) is 10.0 Å². The Kier molecular flexibility index (Phi) is 5.50. The summed E-state index contributed by atoms with van der Waals surface area (Å²) in [7, 11) is -7.70. The molecule has 6 nitrogen and oxygen atoms in total. The van der Waals surface area contributed by atoms with Crippen LogP contribution < -0.4 is 4.72 Å². The fourth-order valence-electron chi connectivity index (χ4n) is 2.22. The smallest absolute Gasteiger partial charge is 0.211 e. The third kappa shape index (κ3) is 4.15. The first-order valence-corrected chi connectivity index (χ1v) is 12.2. The maximum absolute atomic E-state index is 12.5. The fourth-order valence-corrected chi connectivity index (χ4v) is 7.27. The molecule has 0 atom stereocenters. The monoisotopic (exact) mass is 428 g/mol. The third-order valence-electron chi connectivity index (χ3n) is 3.46. The van der Waals surface area contributed by atoms with Crippen molar-refractivity contribution in [2.24, 2.45) is 4.40 Å². The van der Waals surface area contributed by atoms with E-state index in [9.17, 15) is 16.8 Å². The molecule has 3 rings (SSSR count). The maximum atomic E-state index is 12.5. The number of nitrogens with zero attached hydrogens (tertiary/aromatic N) is 1. The minimum atomic E-state index is -3.96. The van der Waals surface area contributed by atoms with Crippen LogP contribution in [-0.2, 0) is 20.0 Å². The highest BCUT2D eigenvalue weighted by Crippen LogP contribution is 2.40. The van der Waals surface area contributed by atoms with Crippen LogP contribution in [0.5, 0.6) is 0 Å². The Morgan fingerprint density at radius 3 is 2.50 bits per heavy atom. The lowest BCUT2D eigenvalue weighted by Gasteiger charge is -2.16. The number of rotatable bonds is 4. The lowest BCUT2D eigenvalue weighted by molar-refractivity contribution is 0.583. The highest BCUT2D eigenvalue weighted by atomic mass is 32.2. The Morgan fingerprint density at radius 2 is 1.85 bits per heavy atom. The van der Waals surface area contributed by atoms with Gasteiger partial charge < -0.3 is 0 Å². The Hall–Kier alpha value is -1.33. The van der Waals surface area contributed by atoms with Crippen molar-refractivity contribution >= 4 is 47.9 Å². The Morgan fingerprint density at radius 1 is 1.15 bits per heavy atom. The molecule has 1 N–H and O–H groups in total. The zero-order valence-corrected chi connectivity index (χ0v) is 17.2. The normalized spacial score (nSPS) is 16.0. The van der Waals surface area contributed by atoms with Gasteiger partial charge in [0, 0.05) is 16.3 Å². The summed E-state index contributed by atoms with van der Waals surface area (Å²) in [4.78, 5) is 1.17. The van der Waals surface area contributed by atoms with Crippen LogP contribution in [0.3, 0.4) is 0 Å². The molecular weight excluding hydrogens is 412 g/mol. The van der Waals surface area contributed by atoms with Gasteiger partial charge in [-0.05, 0) is 37.3 Å². The van der Waals surface area contributed by atoms with Crippen LogP contribution in [0.2, 0.25) is 0 Å². The first-order valence-electron chi connectivity index (χ1n) is 7.62. The van der Waals surface area contributed by atoms with Crippen molar-refractivity contribution < 1.29 is 16.8 Å². The van der Waals surface area contributed by atoms with Crippen molar-refractivity contribution in [3.63, 3.8) is 0 Å². The van der Waals surface area contributed by atoms with Crippen LogP contribution in [-0.4, -0.2) is 27.8 Å². The predicted octanol–water partition coefficient (Wildman–Crippen LogP) is 3.24. The van der Waals surface area contributed by atoms with E-state index < -0.39 is 20.0 Å². The predicted molar refractivity (Wildman–Crippen MR) is 105 cm³/mol. The molecule has 0 aromatic heterocycles. The first kappa shape index (κ1) is 19.4. The average molecular weight is 429 g/mol. The third-order valence-corrected chi connectivity index (χ3v) is 8.79. The molecule has 1 heterocycles. The minimum Gasteiger partial charge on any atom is -0.211 e. The summed E-state index contributed by atoms with van der Waals surface area (Å²) in [6.45, 7) is 3.85. The van der Waals surface area contributed by atoms with E-state index in [2.05, 4.69) is 9.12 Å². The summed E-state index contributed by atoms with van der Waals surface area (Å²) in [6, 6.07) is 11.7. The molecule has 2 aromatic rings. The Balaban J connectivity index is 1.95. The van der Waals surface area contributed by atoms with Gasteiger partial charge in [0.25, 0.3) is 10.0 Å². The van der Waals surface area contributed by atoms with E-state index in [1.54, 1.807) is 6.92 Å². The van der Waals surface area contributed by atoms with Crippen LogP contribution in [0.15, 0.2) is 66.4 Å². The summed E-state index contributed by atoms with van der Waals surface area (Å²) < 4.78 is 55.9. The number of thioether (sulfide) groups is 2. The summed E-state index contributed by atoms with van der Waals surface area (Å²) in [5.41, 5.74) is 1.11. The van der Waals surface area contributed by atoms with E-state index in [1.807, 2.05) is 31.2 Å². The second kappa shape index (κ2) is 7.35. The Bertz CT molecular complexity index is 1080. The molecule has 0 saturated carbocycles. The molecular formula is C16H16N2O4S4. The molecule has 10 heteroatoms. The average Bonchev–Trinajstić information content (AvgIpc) is 2.56. The van der Waals surface area contributed by atoms with E-state index in [1.165, 1.54) is 35.7 Å². The van der Waals surface area contributed by atoms with Crippen molar-refractivity contribution in [1.82, 2.24) is 4.72 Å². The molecule has 0 spiro atoms. The first-order chi connectivity index (χ1) is 12.2. The molecule has 0 unspecified atom stereocenters. The van der Waals surface area contributed by atoms with Gasteiger partial charge in [-0.2, -0.15) is 8.42 Å².